The summed E-state index contributed by atoms with van der Waals surface area (Å²) in [6, 6.07) is 0. The summed E-state index contributed by atoms with van der Waals surface area (Å²) in [4.78, 5) is 9.53. The quantitative estimate of drug-likeness (QED) is 0.545. The Morgan fingerprint density at radius 2 is 1.29 bits per heavy atom. The van der Waals surface area contributed by atoms with Crippen LogP contribution in [0.2, 0.25) is 0 Å². The molecule has 2 N–H and O–H groups in total. The lowest BCUT2D eigenvalue weighted by Gasteiger charge is -2.49. The fourth-order valence-corrected chi connectivity index (χ4v) is 3.55. The second-order valence-electron chi connectivity index (χ2n) is 8.03. The third kappa shape index (κ3) is 8.23. The lowest BCUT2D eigenvalue weighted by Crippen LogP contribution is -2.67. The highest BCUT2D eigenvalue weighted by Crippen LogP contribution is 2.26. The predicted molar refractivity (Wildman–Crippen MR) is 104 cm³/mol. The molecule has 0 amide bonds. The monoisotopic (exact) mass is 342 g/mol. The van der Waals surface area contributed by atoms with Gasteiger partial charge < -0.3 is 14.7 Å². The third-order valence-electron chi connectivity index (χ3n) is 4.88. The van der Waals surface area contributed by atoms with Crippen LogP contribution in [0.15, 0.2) is 0 Å². The summed E-state index contributed by atoms with van der Waals surface area (Å²) in [5.41, 5.74) is 0.156. The van der Waals surface area contributed by atoms with Crippen molar-refractivity contribution in [3.05, 3.63) is 0 Å². The van der Waals surface area contributed by atoms with Gasteiger partial charge in [-0.2, -0.15) is 0 Å². The summed E-state index contributed by atoms with van der Waals surface area (Å²) in [6.45, 7) is 6.56. The minimum Gasteiger partial charge on any atom is -0.309 e. The molecule has 0 aliphatic carbocycles. The maximum Gasteiger partial charge on any atom is 0.0733 e. The van der Waals surface area contributed by atoms with Crippen molar-refractivity contribution >= 4 is 0 Å². The Morgan fingerprint density at radius 3 is 1.79 bits per heavy atom. The molecular formula is C18H42N6. The van der Waals surface area contributed by atoms with Crippen LogP contribution in [0.5, 0.6) is 0 Å². The van der Waals surface area contributed by atoms with Crippen molar-refractivity contribution in [3.8, 4) is 0 Å². The molecule has 24 heavy (non-hydrogen) atoms. The van der Waals surface area contributed by atoms with Crippen LogP contribution in [0.25, 0.3) is 0 Å². The van der Waals surface area contributed by atoms with E-state index in [0.29, 0.717) is 0 Å². The van der Waals surface area contributed by atoms with E-state index in [9.17, 15) is 0 Å². The first kappa shape index (κ1) is 21.8. The van der Waals surface area contributed by atoms with Gasteiger partial charge in [0.2, 0.25) is 0 Å². The molecule has 0 aromatic carbocycles. The molecule has 0 bridgehead atoms. The van der Waals surface area contributed by atoms with E-state index in [0.717, 1.165) is 39.5 Å². The van der Waals surface area contributed by atoms with Gasteiger partial charge in [-0.1, -0.05) is 0 Å². The molecule has 1 aliphatic heterocycles. The molecule has 0 aromatic rings. The minimum atomic E-state index is 0.156. The van der Waals surface area contributed by atoms with Crippen LogP contribution in [0, 0.1) is 0 Å². The van der Waals surface area contributed by atoms with Crippen LogP contribution < -0.4 is 10.6 Å². The smallest absolute Gasteiger partial charge is 0.0733 e. The summed E-state index contributed by atoms with van der Waals surface area (Å²) in [6.07, 6.45) is 6.16. The zero-order valence-electron chi connectivity index (χ0n) is 17.1. The highest BCUT2D eigenvalue weighted by atomic mass is 15.4. The van der Waals surface area contributed by atoms with Gasteiger partial charge >= 0.3 is 0 Å². The van der Waals surface area contributed by atoms with Crippen LogP contribution in [0.1, 0.15) is 32.1 Å². The van der Waals surface area contributed by atoms with Crippen LogP contribution in [0.4, 0.5) is 0 Å². The molecule has 1 saturated heterocycles. The molecular weight excluding hydrogens is 300 g/mol. The van der Waals surface area contributed by atoms with Gasteiger partial charge in [-0.3, -0.25) is 15.5 Å². The third-order valence-corrected chi connectivity index (χ3v) is 4.88. The Hall–Kier alpha value is -0.240. The van der Waals surface area contributed by atoms with E-state index in [1.54, 1.807) is 0 Å². The maximum absolute atomic E-state index is 3.83. The molecule has 0 unspecified atom stereocenters. The first-order chi connectivity index (χ1) is 11.4. The molecule has 1 aliphatic rings. The fraction of sp³-hybridized carbons (Fsp3) is 1.00. The first-order valence-electron chi connectivity index (χ1n) is 9.51. The van der Waals surface area contributed by atoms with Gasteiger partial charge in [-0.05, 0) is 94.0 Å². The van der Waals surface area contributed by atoms with Crippen molar-refractivity contribution < 1.29 is 0 Å². The van der Waals surface area contributed by atoms with Gasteiger partial charge in [-0.25, -0.2) is 0 Å². The molecule has 144 valence electrons. The van der Waals surface area contributed by atoms with E-state index >= 15 is 0 Å². The lowest BCUT2D eigenvalue weighted by molar-refractivity contribution is -0.00801. The number of hydrogen-bond donors (Lipinski definition) is 2. The highest BCUT2D eigenvalue weighted by Gasteiger charge is 2.37. The number of nitrogens with zero attached hydrogens (tertiary/aromatic N) is 4. The van der Waals surface area contributed by atoms with E-state index in [1.165, 1.54) is 32.1 Å². The van der Waals surface area contributed by atoms with E-state index in [4.69, 9.17) is 0 Å². The lowest BCUT2D eigenvalue weighted by atomic mass is 9.94. The van der Waals surface area contributed by atoms with Crippen molar-refractivity contribution in [2.24, 2.45) is 0 Å². The largest absolute Gasteiger partial charge is 0.309 e. The highest BCUT2D eigenvalue weighted by molar-refractivity contribution is 4.91. The first-order valence-corrected chi connectivity index (χ1v) is 9.51. The Labute approximate surface area is 150 Å². The van der Waals surface area contributed by atoms with Crippen molar-refractivity contribution in [3.63, 3.8) is 0 Å². The number of rotatable bonds is 12. The van der Waals surface area contributed by atoms with E-state index in [2.05, 4.69) is 72.5 Å². The predicted octanol–water partition coefficient (Wildman–Crippen LogP) is 0.728. The van der Waals surface area contributed by atoms with Gasteiger partial charge in [0.25, 0.3) is 0 Å². The SMILES string of the molecule is CN(C)CCCN1CNCNC1(CCCN(C)C)CCCN(C)C. The second kappa shape index (κ2) is 11.4. The van der Waals surface area contributed by atoms with Gasteiger partial charge in [0, 0.05) is 13.2 Å². The van der Waals surface area contributed by atoms with Crippen LogP contribution in [0.3, 0.4) is 0 Å². The Morgan fingerprint density at radius 1 is 0.792 bits per heavy atom. The Kier molecular flexibility index (Phi) is 10.3. The van der Waals surface area contributed by atoms with E-state index in [1.807, 2.05) is 0 Å². The molecule has 6 nitrogen and oxygen atoms in total. The summed E-state index contributed by atoms with van der Waals surface area (Å²) in [5.74, 6) is 0. The Balaban J connectivity index is 2.67. The number of hydrogen-bond acceptors (Lipinski definition) is 6. The van der Waals surface area contributed by atoms with Crippen molar-refractivity contribution in [2.75, 3.05) is 81.8 Å². The van der Waals surface area contributed by atoms with Crippen molar-refractivity contribution in [1.29, 1.82) is 0 Å². The van der Waals surface area contributed by atoms with Gasteiger partial charge in [0.15, 0.2) is 0 Å². The molecule has 0 aromatic heterocycles. The van der Waals surface area contributed by atoms with Crippen LogP contribution in [-0.4, -0.2) is 107 Å². The summed E-state index contributed by atoms with van der Waals surface area (Å²) in [5, 5.41) is 7.34. The normalized spacial score (nSPS) is 18.9. The topological polar surface area (TPSA) is 37.0 Å². The summed E-state index contributed by atoms with van der Waals surface area (Å²) >= 11 is 0. The van der Waals surface area contributed by atoms with Gasteiger partial charge in [0.1, 0.15) is 0 Å². The molecule has 1 heterocycles. The van der Waals surface area contributed by atoms with E-state index in [-0.39, 0.29) is 5.66 Å². The maximum atomic E-state index is 3.83. The zero-order valence-corrected chi connectivity index (χ0v) is 17.1. The van der Waals surface area contributed by atoms with Crippen LogP contribution in [-0.2, 0) is 0 Å². The van der Waals surface area contributed by atoms with Crippen LogP contribution >= 0.6 is 0 Å². The average molecular weight is 343 g/mol. The molecule has 0 radical (unpaired) electrons. The second-order valence-corrected chi connectivity index (χ2v) is 8.03. The van der Waals surface area contributed by atoms with Crippen molar-refractivity contribution in [2.45, 2.75) is 37.8 Å². The van der Waals surface area contributed by atoms with Gasteiger partial charge in [0.05, 0.1) is 12.3 Å². The zero-order chi connectivity index (χ0) is 18.0. The fourth-order valence-electron chi connectivity index (χ4n) is 3.55. The molecule has 0 atom stereocenters. The summed E-state index contributed by atoms with van der Waals surface area (Å²) < 4.78 is 0. The molecule has 1 fully saturated rings. The molecule has 1 rings (SSSR count). The summed E-state index contributed by atoms with van der Waals surface area (Å²) in [7, 11) is 13.0. The van der Waals surface area contributed by atoms with Gasteiger partial charge in [-0.15, -0.1) is 0 Å². The molecule has 0 spiro atoms. The minimum absolute atomic E-state index is 0.156. The van der Waals surface area contributed by atoms with E-state index < -0.39 is 0 Å². The standard InChI is InChI=1S/C18H42N6/c1-21(2)12-7-10-18(11-8-13-22(3)4)20-16-19-17-24(18)15-9-14-23(5)6/h19-20H,7-17H2,1-6H3. The number of nitrogens with one attached hydrogen (secondary N) is 2. The van der Waals surface area contributed by atoms with Crippen molar-refractivity contribution in [1.82, 2.24) is 30.2 Å². The molecule has 6 heteroatoms. The average Bonchev–Trinajstić information content (AvgIpc) is 2.48. The molecule has 0 saturated carbocycles. The Bertz CT molecular complexity index is 305.